The summed E-state index contributed by atoms with van der Waals surface area (Å²) in [5.41, 5.74) is 1.77. The lowest BCUT2D eigenvalue weighted by atomic mass is 9.95. The van der Waals surface area contributed by atoms with Crippen LogP contribution in [0.4, 0.5) is 5.13 Å². The quantitative estimate of drug-likeness (QED) is 0.0482. The van der Waals surface area contributed by atoms with E-state index in [0.29, 0.717) is 63.3 Å². The molecule has 9 nitrogen and oxygen atoms in total. The van der Waals surface area contributed by atoms with Crippen molar-refractivity contribution in [3.8, 4) is 17.2 Å². The van der Waals surface area contributed by atoms with Gasteiger partial charge in [0.15, 0.2) is 15.8 Å². The molecule has 0 spiro atoms. The normalized spacial score (nSPS) is 17.2. The average Bonchev–Trinajstić information content (AvgIpc) is 3.62. The first-order valence-electron chi connectivity index (χ1n) is 14.1. The zero-order valence-electron chi connectivity index (χ0n) is 23.7. The van der Waals surface area contributed by atoms with E-state index in [4.69, 9.17) is 25.8 Å². The molecule has 6 rings (SSSR count). The molecule has 0 bridgehead atoms. The van der Waals surface area contributed by atoms with Crippen molar-refractivity contribution in [2.24, 2.45) is 0 Å². The molecule has 2 aliphatic heterocycles. The molecular weight excluding hydrogens is 622 g/mol. The molecule has 0 radical (unpaired) electrons. The molecule has 3 heterocycles. The number of rotatable bonds is 10. The van der Waals surface area contributed by atoms with Gasteiger partial charge in [-0.05, 0) is 53.9 Å². The number of Topliss-reactive ketones (excluding diaryl/α,β-unsaturated/α-hetero) is 1. The van der Waals surface area contributed by atoms with Crippen molar-refractivity contribution in [2.45, 2.75) is 35.9 Å². The fourth-order valence-electron chi connectivity index (χ4n) is 4.91. The monoisotopic (exact) mass is 649 g/mol. The van der Waals surface area contributed by atoms with Gasteiger partial charge in [-0.2, -0.15) is 0 Å². The highest BCUT2D eigenvalue weighted by molar-refractivity contribution is 8.00. The Hall–Kier alpha value is -4.06. The van der Waals surface area contributed by atoms with Crippen LogP contribution in [-0.4, -0.2) is 46.8 Å². The predicted molar refractivity (Wildman–Crippen MR) is 170 cm³/mol. The highest BCUT2D eigenvalue weighted by Crippen LogP contribution is 2.45. The highest BCUT2D eigenvalue weighted by Gasteiger charge is 2.48. The molecule has 0 aliphatic carbocycles. The van der Waals surface area contributed by atoms with Crippen LogP contribution in [0.25, 0.3) is 5.76 Å². The van der Waals surface area contributed by atoms with E-state index in [9.17, 15) is 14.7 Å². The first-order valence-corrected chi connectivity index (χ1v) is 16.3. The van der Waals surface area contributed by atoms with Crippen molar-refractivity contribution in [3.63, 3.8) is 0 Å². The van der Waals surface area contributed by atoms with E-state index in [1.165, 1.54) is 28.0 Å². The predicted octanol–water partition coefficient (Wildman–Crippen LogP) is 7.06. The second kappa shape index (κ2) is 13.3. The zero-order valence-corrected chi connectivity index (χ0v) is 26.1. The number of aromatic nitrogens is 2. The number of hydrogen-bond acceptors (Lipinski definition) is 10. The smallest absolute Gasteiger partial charge is 0.301 e. The summed E-state index contributed by atoms with van der Waals surface area (Å²) >= 11 is 8.93. The summed E-state index contributed by atoms with van der Waals surface area (Å²) in [6, 6.07) is 18.7. The molecule has 1 atom stereocenters. The van der Waals surface area contributed by atoms with E-state index in [-0.39, 0.29) is 16.5 Å². The molecule has 1 saturated heterocycles. The van der Waals surface area contributed by atoms with Crippen molar-refractivity contribution in [1.29, 1.82) is 0 Å². The number of thioether (sulfide) groups is 1. The number of ether oxygens (including phenoxy) is 3. The molecule has 1 amide bonds. The number of aliphatic hydroxyl groups excluding tert-OH is 1. The van der Waals surface area contributed by atoms with Crippen LogP contribution in [0, 0.1) is 0 Å². The van der Waals surface area contributed by atoms with Gasteiger partial charge in [-0.15, -0.1) is 10.2 Å². The van der Waals surface area contributed by atoms with Crippen LogP contribution >= 0.6 is 34.7 Å². The Balaban J connectivity index is 1.39. The molecule has 2 aliphatic rings. The molecule has 4 aromatic rings. The molecule has 44 heavy (non-hydrogen) atoms. The number of ketones is 1. The number of fused-ring (bicyclic) bond motifs is 1. The molecule has 0 unspecified atom stereocenters. The summed E-state index contributed by atoms with van der Waals surface area (Å²) < 4.78 is 17.8. The van der Waals surface area contributed by atoms with E-state index < -0.39 is 17.7 Å². The van der Waals surface area contributed by atoms with Gasteiger partial charge in [-0.1, -0.05) is 78.4 Å². The minimum Gasteiger partial charge on any atom is -0.507 e. The Kier molecular flexibility index (Phi) is 9.06. The van der Waals surface area contributed by atoms with Crippen LogP contribution < -0.4 is 19.1 Å². The van der Waals surface area contributed by atoms with E-state index in [0.717, 1.165) is 18.4 Å². The van der Waals surface area contributed by atoms with Crippen LogP contribution in [0.1, 0.15) is 42.5 Å². The van der Waals surface area contributed by atoms with Gasteiger partial charge >= 0.3 is 5.91 Å². The van der Waals surface area contributed by atoms with Gasteiger partial charge in [0.1, 0.15) is 24.7 Å². The van der Waals surface area contributed by atoms with Crippen molar-refractivity contribution < 1.29 is 28.9 Å². The summed E-state index contributed by atoms with van der Waals surface area (Å²) in [4.78, 5) is 28.6. The lowest BCUT2D eigenvalue weighted by Gasteiger charge is -2.23. The van der Waals surface area contributed by atoms with E-state index in [1.54, 1.807) is 36.4 Å². The number of aliphatic hydroxyl groups is 1. The zero-order chi connectivity index (χ0) is 30.6. The van der Waals surface area contributed by atoms with Crippen molar-refractivity contribution in [1.82, 2.24) is 10.2 Å². The Morgan fingerprint density at radius 2 is 1.89 bits per heavy atom. The van der Waals surface area contributed by atoms with E-state index in [2.05, 4.69) is 17.1 Å². The Labute approximate surface area is 267 Å². The van der Waals surface area contributed by atoms with Gasteiger partial charge < -0.3 is 19.3 Å². The molecule has 1 N–H and O–H groups in total. The topological polar surface area (TPSA) is 111 Å². The average molecular weight is 650 g/mol. The van der Waals surface area contributed by atoms with Gasteiger partial charge in [-0.3, -0.25) is 14.5 Å². The van der Waals surface area contributed by atoms with Gasteiger partial charge in [0.2, 0.25) is 5.13 Å². The molecule has 12 heteroatoms. The van der Waals surface area contributed by atoms with Gasteiger partial charge in [0, 0.05) is 16.3 Å². The molecule has 1 fully saturated rings. The fourth-order valence-corrected chi connectivity index (χ4v) is 7.07. The number of halogens is 1. The molecular formula is C32H28ClN3O6S2. The number of anilines is 1. The number of amides is 1. The second-order valence-corrected chi connectivity index (χ2v) is 12.6. The highest BCUT2D eigenvalue weighted by atomic mass is 35.5. The maximum Gasteiger partial charge on any atom is 0.301 e. The van der Waals surface area contributed by atoms with Crippen molar-refractivity contribution in [2.75, 3.05) is 24.7 Å². The van der Waals surface area contributed by atoms with Crippen LogP contribution in [0.3, 0.4) is 0 Å². The Bertz CT molecular complexity index is 1740. The Morgan fingerprint density at radius 1 is 1.07 bits per heavy atom. The SMILES string of the molecule is CCCCOc1cccc([C@H]2C(=C(O)c3ccc4c(c3)OCCO4)C(=O)C(=O)N2c2nnc(SCc3ccccc3Cl)s2)c1. The lowest BCUT2D eigenvalue weighted by molar-refractivity contribution is -0.132. The summed E-state index contributed by atoms with van der Waals surface area (Å²) in [6.45, 7) is 3.38. The fraction of sp³-hybridized carbons (Fsp3) is 0.250. The molecule has 226 valence electrons. The first-order chi connectivity index (χ1) is 21.4. The van der Waals surface area contributed by atoms with Gasteiger partial charge in [0.05, 0.1) is 18.2 Å². The maximum atomic E-state index is 13.7. The van der Waals surface area contributed by atoms with Crippen LogP contribution in [0.2, 0.25) is 5.02 Å². The molecule has 0 saturated carbocycles. The number of unbranched alkanes of at least 4 members (excludes halogenated alkanes) is 1. The lowest BCUT2D eigenvalue weighted by Crippen LogP contribution is -2.29. The first kappa shape index (κ1) is 30.0. The standard InChI is InChI=1S/C32H28ClN3O6S2/c1-2-3-13-40-22-9-6-8-19(16-22)27-26(28(37)20-11-12-24-25(17-20)42-15-14-41-24)29(38)30(39)36(27)31-34-35-32(44-31)43-18-21-7-4-5-10-23(21)33/h4-12,16-17,27,37H,2-3,13-15,18H2,1H3/t27-/m0/s1. The third-order valence-corrected chi connectivity index (χ3v) is 9.58. The van der Waals surface area contributed by atoms with Crippen molar-refractivity contribution in [3.05, 3.63) is 94.0 Å². The Morgan fingerprint density at radius 3 is 2.70 bits per heavy atom. The number of hydrogen-bond donors (Lipinski definition) is 1. The minimum absolute atomic E-state index is 0.0714. The molecule has 1 aromatic heterocycles. The van der Waals surface area contributed by atoms with Gasteiger partial charge in [0.25, 0.3) is 5.78 Å². The summed E-state index contributed by atoms with van der Waals surface area (Å²) in [6.07, 6.45) is 1.86. The summed E-state index contributed by atoms with van der Waals surface area (Å²) in [7, 11) is 0. The summed E-state index contributed by atoms with van der Waals surface area (Å²) in [5, 5.41) is 21.1. The molecule has 3 aromatic carbocycles. The van der Waals surface area contributed by atoms with Crippen molar-refractivity contribution >= 4 is 57.3 Å². The van der Waals surface area contributed by atoms with Crippen LogP contribution in [-0.2, 0) is 15.3 Å². The number of carbonyl (C=O) groups is 2. The number of benzene rings is 3. The number of nitrogens with zero attached hydrogens (tertiary/aromatic N) is 3. The third kappa shape index (κ3) is 6.12. The van der Waals surface area contributed by atoms with Crippen LogP contribution in [0.5, 0.6) is 17.2 Å². The second-order valence-electron chi connectivity index (χ2n) is 10.0. The minimum atomic E-state index is -0.979. The van der Waals surface area contributed by atoms with E-state index >= 15 is 0 Å². The van der Waals surface area contributed by atoms with Gasteiger partial charge in [-0.25, -0.2) is 0 Å². The maximum absolute atomic E-state index is 13.7. The van der Waals surface area contributed by atoms with E-state index in [1.807, 2.05) is 30.3 Å². The summed E-state index contributed by atoms with van der Waals surface area (Å²) in [5.74, 6) is 0.152. The van der Waals surface area contributed by atoms with Crippen LogP contribution in [0.15, 0.2) is 76.6 Å². The largest absolute Gasteiger partial charge is 0.507 e. The third-order valence-electron chi connectivity index (χ3n) is 7.11. The number of carbonyl (C=O) groups excluding carboxylic acids is 2.